The first-order valence-electron chi connectivity index (χ1n) is 9.16. The lowest BCUT2D eigenvalue weighted by Gasteiger charge is -2.37. The highest BCUT2D eigenvalue weighted by Gasteiger charge is 2.38. The van der Waals surface area contributed by atoms with Gasteiger partial charge in [-0.3, -0.25) is 0 Å². The average Bonchev–Trinajstić information content (AvgIpc) is 3.38. The van der Waals surface area contributed by atoms with Crippen LogP contribution >= 0.6 is 11.3 Å². The molecule has 5 rings (SSSR count). The van der Waals surface area contributed by atoms with E-state index >= 15 is 0 Å². The summed E-state index contributed by atoms with van der Waals surface area (Å²) < 4.78 is 6.06. The average molecular weight is 359 g/mol. The second-order valence-electron chi connectivity index (χ2n) is 7.01. The molecule has 0 fully saturated rings. The third kappa shape index (κ3) is 2.82. The summed E-state index contributed by atoms with van der Waals surface area (Å²) in [6.07, 6.45) is 5.85. The van der Waals surface area contributed by atoms with Crippen molar-refractivity contribution < 1.29 is 4.74 Å². The zero-order valence-corrected chi connectivity index (χ0v) is 15.3. The van der Waals surface area contributed by atoms with Crippen LogP contribution in [0, 0.1) is 5.92 Å². The number of ether oxygens (including phenoxy) is 1. The molecule has 1 aromatic heterocycles. The van der Waals surface area contributed by atoms with Gasteiger partial charge in [-0.2, -0.15) is 0 Å². The van der Waals surface area contributed by atoms with Crippen LogP contribution in [0.25, 0.3) is 0 Å². The molecule has 1 aliphatic carbocycles. The van der Waals surface area contributed by atoms with Gasteiger partial charge in [-0.15, -0.1) is 11.3 Å². The molecule has 0 amide bonds. The van der Waals surface area contributed by atoms with Gasteiger partial charge >= 0.3 is 0 Å². The molecular formula is C23H21NOS. The Morgan fingerprint density at radius 2 is 1.96 bits per heavy atom. The Balaban J connectivity index is 1.41. The van der Waals surface area contributed by atoms with Crippen LogP contribution in [0.5, 0.6) is 5.75 Å². The normalized spacial score (nSPS) is 23.2. The number of benzene rings is 2. The van der Waals surface area contributed by atoms with Crippen molar-refractivity contribution in [2.75, 3.05) is 5.32 Å². The molecule has 130 valence electrons. The van der Waals surface area contributed by atoms with E-state index in [0.29, 0.717) is 24.5 Å². The lowest BCUT2D eigenvalue weighted by atomic mass is 9.79. The van der Waals surface area contributed by atoms with E-state index in [9.17, 15) is 0 Å². The first kappa shape index (κ1) is 15.7. The van der Waals surface area contributed by atoms with Crippen molar-refractivity contribution in [2.45, 2.75) is 25.0 Å². The summed E-state index contributed by atoms with van der Waals surface area (Å²) in [5.74, 6) is 2.01. The van der Waals surface area contributed by atoms with Crippen LogP contribution in [0.4, 0.5) is 5.69 Å². The van der Waals surface area contributed by atoms with Crippen LogP contribution in [-0.2, 0) is 6.61 Å². The quantitative estimate of drug-likeness (QED) is 0.564. The summed E-state index contributed by atoms with van der Waals surface area (Å²) in [5.41, 5.74) is 3.80. The Kier molecular flexibility index (Phi) is 4.02. The zero-order chi connectivity index (χ0) is 17.3. The molecule has 0 radical (unpaired) electrons. The van der Waals surface area contributed by atoms with E-state index in [-0.39, 0.29) is 0 Å². The molecular weight excluding hydrogens is 338 g/mol. The number of rotatable bonds is 4. The summed E-state index contributed by atoms with van der Waals surface area (Å²) in [6, 6.07) is 21.6. The topological polar surface area (TPSA) is 21.3 Å². The van der Waals surface area contributed by atoms with Gasteiger partial charge in [0.05, 0.1) is 6.04 Å². The van der Waals surface area contributed by atoms with Gasteiger partial charge in [-0.05, 0) is 53.1 Å². The molecule has 1 aliphatic heterocycles. The third-order valence-electron chi connectivity index (χ3n) is 5.43. The smallest absolute Gasteiger partial charge is 0.120 e. The van der Waals surface area contributed by atoms with Gasteiger partial charge in [0, 0.05) is 16.5 Å². The van der Waals surface area contributed by atoms with E-state index in [1.165, 1.54) is 21.7 Å². The van der Waals surface area contributed by atoms with Gasteiger partial charge in [-0.25, -0.2) is 0 Å². The molecule has 3 unspecified atom stereocenters. The fourth-order valence-electron chi connectivity index (χ4n) is 4.15. The lowest BCUT2D eigenvalue weighted by Crippen LogP contribution is -2.28. The summed E-state index contributed by atoms with van der Waals surface area (Å²) in [6.45, 7) is 0.606. The van der Waals surface area contributed by atoms with Crippen molar-refractivity contribution in [1.82, 2.24) is 0 Å². The van der Waals surface area contributed by atoms with Crippen LogP contribution in [0.1, 0.15) is 34.4 Å². The first-order valence-corrected chi connectivity index (χ1v) is 10.0. The van der Waals surface area contributed by atoms with Gasteiger partial charge in [-0.1, -0.05) is 48.6 Å². The highest BCUT2D eigenvalue weighted by Crippen LogP contribution is 2.51. The Hall–Kier alpha value is -2.52. The SMILES string of the molecule is C1=CC2c3cc(OCc4ccccc4)ccc3NC(c3cccs3)C2C1. The molecule has 3 heteroatoms. The summed E-state index contributed by atoms with van der Waals surface area (Å²) in [7, 11) is 0. The number of fused-ring (bicyclic) bond motifs is 3. The van der Waals surface area contributed by atoms with Crippen molar-refractivity contribution in [1.29, 1.82) is 0 Å². The highest BCUT2D eigenvalue weighted by atomic mass is 32.1. The minimum atomic E-state index is 0.401. The van der Waals surface area contributed by atoms with Crippen LogP contribution in [-0.4, -0.2) is 0 Å². The molecule has 0 saturated carbocycles. The maximum atomic E-state index is 6.06. The Morgan fingerprint density at radius 1 is 1.04 bits per heavy atom. The molecule has 1 N–H and O–H groups in total. The van der Waals surface area contributed by atoms with Gasteiger partial charge in [0.2, 0.25) is 0 Å². The standard InChI is InChI=1S/C23H21NOS/c1-2-6-16(7-3-1)15-25-17-11-12-21-20(14-17)18-8-4-9-19(18)23(24-21)22-10-5-13-26-22/h1-8,10-14,18-19,23-24H,9,15H2. The van der Waals surface area contributed by atoms with Crippen LogP contribution in [0.15, 0.2) is 78.2 Å². The maximum Gasteiger partial charge on any atom is 0.120 e. The van der Waals surface area contributed by atoms with Gasteiger partial charge < -0.3 is 10.1 Å². The van der Waals surface area contributed by atoms with Gasteiger partial charge in [0.25, 0.3) is 0 Å². The Labute approximate surface area is 158 Å². The predicted molar refractivity (Wildman–Crippen MR) is 108 cm³/mol. The van der Waals surface area contributed by atoms with Crippen molar-refractivity contribution in [3.63, 3.8) is 0 Å². The van der Waals surface area contributed by atoms with Crippen molar-refractivity contribution in [3.05, 3.63) is 94.2 Å². The van der Waals surface area contributed by atoms with E-state index in [1.807, 2.05) is 29.5 Å². The van der Waals surface area contributed by atoms with Crippen molar-refractivity contribution in [2.24, 2.45) is 5.92 Å². The molecule has 0 spiro atoms. The molecule has 2 aliphatic rings. The second-order valence-corrected chi connectivity index (χ2v) is 7.99. The second kappa shape index (κ2) is 6.65. The van der Waals surface area contributed by atoms with E-state index < -0.39 is 0 Å². The molecule has 26 heavy (non-hydrogen) atoms. The zero-order valence-electron chi connectivity index (χ0n) is 14.5. The van der Waals surface area contributed by atoms with E-state index in [1.54, 1.807) is 0 Å². The number of allylic oxidation sites excluding steroid dienone is 2. The Morgan fingerprint density at radius 3 is 2.81 bits per heavy atom. The summed E-state index contributed by atoms with van der Waals surface area (Å²) in [5, 5.41) is 5.96. The van der Waals surface area contributed by atoms with Crippen molar-refractivity contribution >= 4 is 17.0 Å². The molecule has 2 heterocycles. The summed E-state index contributed by atoms with van der Waals surface area (Å²) >= 11 is 1.85. The largest absolute Gasteiger partial charge is 0.489 e. The minimum Gasteiger partial charge on any atom is -0.489 e. The monoisotopic (exact) mass is 359 g/mol. The number of hydrogen-bond acceptors (Lipinski definition) is 3. The predicted octanol–water partition coefficient (Wildman–Crippen LogP) is 6.15. The van der Waals surface area contributed by atoms with Crippen LogP contribution < -0.4 is 10.1 Å². The van der Waals surface area contributed by atoms with Crippen LogP contribution in [0.2, 0.25) is 0 Å². The van der Waals surface area contributed by atoms with E-state index in [4.69, 9.17) is 4.74 Å². The number of thiophene rings is 1. The van der Waals surface area contributed by atoms with Gasteiger partial charge in [0.1, 0.15) is 12.4 Å². The Bertz CT molecular complexity index is 917. The van der Waals surface area contributed by atoms with Gasteiger partial charge in [0.15, 0.2) is 0 Å². The summed E-state index contributed by atoms with van der Waals surface area (Å²) in [4.78, 5) is 1.43. The molecule has 3 aromatic rings. The van der Waals surface area contributed by atoms with E-state index in [2.05, 4.69) is 65.3 Å². The molecule has 2 nitrogen and oxygen atoms in total. The number of hydrogen-bond donors (Lipinski definition) is 1. The number of nitrogens with one attached hydrogen (secondary N) is 1. The fraction of sp³-hybridized carbons (Fsp3) is 0.217. The number of anilines is 1. The highest BCUT2D eigenvalue weighted by molar-refractivity contribution is 7.10. The van der Waals surface area contributed by atoms with Crippen LogP contribution in [0.3, 0.4) is 0 Å². The molecule has 0 bridgehead atoms. The lowest BCUT2D eigenvalue weighted by molar-refractivity contribution is 0.305. The molecule has 0 saturated heterocycles. The maximum absolute atomic E-state index is 6.06. The molecule has 3 atom stereocenters. The minimum absolute atomic E-state index is 0.401. The fourth-order valence-corrected chi connectivity index (χ4v) is 5.00. The van der Waals surface area contributed by atoms with Crippen molar-refractivity contribution in [3.8, 4) is 5.75 Å². The molecule has 2 aromatic carbocycles. The van der Waals surface area contributed by atoms with E-state index in [0.717, 1.165) is 12.2 Å². The third-order valence-corrected chi connectivity index (χ3v) is 6.39. The first-order chi connectivity index (χ1) is 12.9.